The highest BCUT2D eigenvalue weighted by molar-refractivity contribution is 4.52. The lowest BCUT2D eigenvalue weighted by atomic mass is 10.4. The molecule has 0 saturated heterocycles. The van der Waals surface area contributed by atoms with Gasteiger partial charge in [0.2, 0.25) is 0 Å². The average Bonchev–Trinajstić information content (AvgIpc) is 2.29. The molecule has 0 aromatic heterocycles. The molecular formula is C9H22O7. The number of aliphatic hydroxyl groups is 6. The van der Waals surface area contributed by atoms with Crippen molar-refractivity contribution >= 4 is 0 Å². The molecule has 6 N–H and O–H groups in total. The smallest absolute Gasteiger partial charge is 0.100 e. The summed E-state index contributed by atoms with van der Waals surface area (Å²) in [4.78, 5) is 0. The zero-order chi connectivity index (χ0) is 13.0. The Morgan fingerprint density at radius 1 is 0.812 bits per heavy atom. The first-order chi connectivity index (χ1) is 7.47. The van der Waals surface area contributed by atoms with E-state index in [1.807, 2.05) is 0 Å². The summed E-state index contributed by atoms with van der Waals surface area (Å²) in [5.41, 5.74) is 0. The monoisotopic (exact) mass is 242 g/mol. The Kier molecular flexibility index (Phi) is 14.5. The first kappa shape index (κ1) is 18.1. The van der Waals surface area contributed by atoms with Crippen LogP contribution in [0.5, 0.6) is 0 Å². The molecular weight excluding hydrogens is 220 g/mol. The van der Waals surface area contributed by atoms with Gasteiger partial charge < -0.3 is 35.4 Å². The highest BCUT2D eigenvalue weighted by Gasteiger charge is 2.04. The molecule has 0 fully saturated rings. The second-order valence-electron chi connectivity index (χ2n) is 3.24. The summed E-state index contributed by atoms with van der Waals surface area (Å²) < 4.78 is 4.72. The lowest BCUT2D eigenvalue weighted by molar-refractivity contribution is -0.0364. The zero-order valence-corrected chi connectivity index (χ0v) is 9.36. The van der Waals surface area contributed by atoms with Crippen LogP contribution in [0.15, 0.2) is 0 Å². The fraction of sp³-hybridized carbons (Fsp3) is 1.00. The summed E-state index contributed by atoms with van der Waals surface area (Å²) in [6.45, 7) is 0.589. The van der Waals surface area contributed by atoms with E-state index in [4.69, 9.17) is 35.4 Å². The Hall–Kier alpha value is -0.280. The predicted molar refractivity (Wildman–Crippen MR) is 55.8 cm³/mol. The van der Waals surface area contributed by atoms with Crippen LogP contribution in [-0.2, 0) is 4.74 Å². The molecule has 3 unspecified atom stereocenters. The van der Waals surface area contributed by atoms with Gasteiger partial charge in [-0.05, 0) is 6.92 Å². The summed E-state index contributed by atoms with van der Waals surface area (Å²) >= 11 is 0. The van der Waals surface area contributed by atoms with E-state index in [-0.39, 0.29) is 33.0 Å². The van der Waals surface area contributed by atoms with Crippen molar-refractivity contribution in [1.29, 1.82) is 0 Å². The van der Waals surface area contributed by atoms with Crippen molar-refractivity contribution in [3.63, 3.8) is 0 Å². The number of hydrogen-bond donors (Lipinski definition) is 6. The fourth-order valence-corrected chi connectivity index (χ4v) is 0.446. The van der Waals surface area contributed by atoms with Gasteiger partial charge in [0.25, 0.3) is 0 Å². The Bertz CT molecular complexity index is 121. The molecule has 0 radical (unpaired) electrons. The SMILES string of the molecule is CC(O)CO.OCC(O)COCC(O)CO. The number of aliphatic hydroxyl groups excluding tert-OH is 6. The van der Waals surface area contributed by atoms with Gasteiger partial charge >= 0.3 is 0 Å². The summed E-state index contributed by atoms with van der Waals surface area (Å²) in [6.07, 6.45) is -2.39. The molecule has 7 nitrogen and oxygen atoms in total. The van der Waals surface area contributed by atoms with E-state index in [1.54, 1.807) is 0 Å². The van der Waals surface area contributed by atoms with E-state index in [2.05, 4.69) is 0 Å². The molecule has 0 bridgehead atoms. The highest BCUT2D eigenvalue weighted by atomic mass is 16.5. The van der Waals surface area contributed by atoms with Gasteiger partial charge in [0.15, 0.2) is 0 Å². The molecule has 0 rings (SSSR count). The van der Waals surface area contributed by atoms with Gasteiger partial charge in [-0.25, -0.2) is 0 Å². The third kappa shape index (κ3) is 16.2. The molecule has 7 heteroatoms. The molecule has 16 heavy (non-hydrogen) atoms. The molecule has 0 aliphatic heterocycles. The Morgan fingerprint density at radius 3 is 1.31 bits per heavy atom. The van der Waals surface area contributed by atoms with E-state index in [0.717, 1.165) is 0 Å². The van der Waals surface area contributed by atoms with Crippen molar-refractivity contribution in [1.82, 2.24) is 0 Å². The second kappa shape index (κ2) is 12.8. The van der Waals surface area contributed by atoms with E-state index in [9.17, 15) is 0 Å². The van der Waals surface area contributed by atoms with Gasteiger partial charge in [-0.3, -0.25) is 0 Å². The van der Waals surface area contributed by atoms with Gasteiger partial charge in [-0.2, -0.15) is 0 Å². The lowest BCUT2D eigenvalue weighted by Gasteiger charge is -2.10. The normalized spacial score (nSPS) is 15.9. The molecule has 0 aliphatic rings. The van der Waals surface area contributed by atoms with E-state index in [1.165, 1.54) is 6.92 Å². The Balaban J connectivity index is 0. The summed E-state index contributed by atoms with van der Waals surface area (Å²) in [7, 11) is 0. The lowest BCUT2D eigenvalue weighted by Crippen LogP contribution is -2.25. The van der Waals surface area contributed by atoms with Crippen LogP contribution in [0.2, 0.25) is 0 Å². The molecule has 3 atom stereocenters. The first-order valence-electron chi connectivity index (χ1n) is 4.92. The van der Waals surface area contributed by atoms with Crippen LogP contribution in [-0.4, -0.2) is 82.0 Å². The van der Waals surface area contributed by atoms with Crippen molar-refractivity contribution in [2.45, 2.75) is 25.2 Å². The molecule has 0 heterocycles. The fourth-order valence-electron chi connectivity index (χ4n) is 0.446. The van der Waals surface area contributed by atoms with E-state index < -0.39 is 18.3 Å². The second-order valence-corrected chi connectivity index (χ2v) is 3.24. The maximum atomic E-state index is 8.72. The molecule has 0 spiro atoms. The van der Waals surface area contributed by atoms with Crippen molar-refractivity contribution in [3.05, 3.63) is 0 Å². The largest absolute Gasteiger partial charge is 0.394 e. The maximum absolute atomic E-state index is 8.72. The minimum atomic E-state index is -0.916. The number of ether oxygens (including phenoxy) is 1. The van der Waals surface area contributed by atoms with Gasteiger partial charge in [-0.1, -0.05) is 0 Å². The van der Waals surface area contributed by atoms with Gasteiger partial charge in [-0.15, -0.1) is 0 Å². The zero-order valence-electron chi connectivity index (χ0n) is 9.36. The van der Waals surface area contributed by atoms with Crippen molar-refractivity contribution < 1.29 is 35.4 Å². The topological polar surface area (TPSA) is 131 Å². The first-order valence-corrected chi connectivity index (χ1v) is 4.92. The molecule has 0 aliphatic carbocycles. The van der Waals surface area contributed by atoms with Crippen LogP contribution < -0.4 is 0 Å². The van der Waals surface area contributed by atoms with Crippen molar-refractivity contribution in [2.75, 3.05) is 33.0 Å². The minimum Gasteiger partial charge on any atom is -0.394 e. The summed E-state index contributed by atoms with van der Waals surface area (Å²) in [6, 6.07) is 0. The maximum Gasteiger partial charge on any atom is 0.100 e. The summed E-state index contributed by atoms with van der Waals surface area (Å²) in [5, 5.41) is 50.1. The van der Waals surface area contributed by atoms with Crippen LogP contribution in [0, 0.1) is 0 Å². The quantitative estimate of drug-likeness (QED) is 0.282. The average molecular weight is 242 g/mol. The van der Waals surface area contributed by atoms with Crippen LogP contribution in [0.1, 0.15) is 6.92 Å². The van der Waals surface area contributed by atoms with Crippen molar-refractivity contribution in [2.24, 2.45) is 0 Å². The predicted octanol–water partition coefficient (Wildman–Crippen LogP) is -2.93. The Labute approximate surface area is 94.5 Å². The minimum absolute atomic E-state index is 0.0342. The van der Waals surface area contributed by atoms with Gasteiger partial charge in [0.05, 0.1) is 39.1 Å². The molecule has 0 saturated carbocycles. The number of hydrogen-bond acceptors (Lipinski definition) is 7. The van der Waals surface area contributed by atoms with E-state index in [0.29, 0.717) is 0 Å². The molecule has 0 aromatic rings. The third-order valence-corrected chi connectivity index (χ3v) is 1.31. The van der Waals surface area contributed by atoms with Crippen LogP contribution in [0.3, 0.4) is 0 Å². The standard InChI is InChI=1S/C6H14O5.C3H8O2/c7-1-5(9)3-11-4-6(10)2-8;1-3(5)2-4/h5-10H,1-4H2;3-5H,2H2,1H3. The third-order valence-electron chi connectivity index (χ3n) is 1.31. The van der Waals surface area contributed by atoms with Gasteiger partial charge in [0, 0.05) is 0 Å². The van der Waals surface area contributed by atoms with E-state index >= 15 is 0 Å². The van der Waals surface area contributed by atoms with Crippen LogP contribution in [0.25, 0.3) is 0 Å². The number of rotatable bonds is 7. The molecule has 0 amide bonds. The van der Waals surface area contributed by atoms with Crippen LogP contribution in [0.4, 0.5) is 0 Å². The highest BCUT2D eigenvalue weighted by Crippen LogP contribution is 1.87. The van der Waals surface area contributed by atoms with Crippen LogP contribution >= 0.6 is 0 Å². The molecule has 0 aromatic carbocycles. The Morgan fingerprint density at radius 2 is 1.12 bits per heavy atom. The summed E-state index contributed by atoms with van der Waals surface area (Å²) in [5.74, 6) is 0. The molecule has 100 valence electrons. The van der Waals surface area contributed by atoms with Gasteiger partial charge in [0.1, 0.15) is 12.2 Å². The van der Waals surface area contributed by atoms with Crippen molar-refractivity contribution in [3.8, 4) is 0 Å².